The molecule has 3 atom stereocenters. The van der Waals surface area contributed by atoms with E-state index in [2.05, 4.69) is 28.9 Å². The summed E-state index contributed by atoms with van der Waals surface area (Å²) in [7, 11) is 0. The quantitative estimate of drug-likeness (QED) is 0.273. The van der Waals surface area contributed by atoms with E-state index in [9.17, 15) is 23.5 Å². The van der Waals surface area contributed by atoms with Crippen molar-refractivity contribution in [2.45, 2.75) is 97.1 Å². The molecule has 216 valence electrons. The van der Waals surface area contributed by atoms with E-state index < -0.39 is 47.4 Å². The molecule has 0 saturated carbocycles. The molecular weight excluding hydrogens is 504 g/mol. The maximum atomic E-state index is 13.9. The van der Waals surface area contributed by atoms with Crippen LogP contribution in [-0.4, -0.2) is 47.4 Å². The molecule has 0 aliphatic carbocycles. The molecule has 0 fully saturated rings. The highest BCUT2D eigenvalue weighted by atomic mass is 19.1. The highest BCUT2D eigenvalue weighted by Gasteiger charge is 2.28. The first-order valence-electron chi connectivity index (χ1n) is 13.6. The predicted molar refractivity (Wildman–Crippen MR) is 148 cm³/mol. The minimum absolute atomic E-state index is 0.0124. The number of ether oxygens (including phenoxy) is 1. The summed E-state index contributed by atoms with van der Waals surface area (Å²) in [6.07, 6.45) is 0.936. The van der Waals surface area contributed by atoms with E-state index in [0.717, 1.165) is 24.5 Å². The van der Waals surface area contributed by atoms with Crippen LogP contribution in [-0.2, 0) is 28.9 Å². The fraction of sp³-hybridized carbons (Fsp3) is 0.533. The third kappa shape index (κ3) is 12.1. The molecule has 7 nitrogen and oxygen atoms in total. The van der Waals surface area contributed by atoms with Gasteiger partial charge in [0.15, 0.2) is 0 Å². The number of hydrogen-bond acceptors (Lipinski definition) is 5. The molecule has 4 N–H and O–H groups in total. The Morgan fingerprint density at radius 3 is 2.26 bits per heavy atom. The molecule has 2 amide bonds. The van der Waals surface area contributed by atoms with Crippen LogP contribution < -0.4 is 16.0 Å². The average Bonchev–Trinajstić information content (AvgIpc) is 2.84. The van der Waals surface area contributed by atoms with E-state index in [1.807, 2.05) is 25.1 Å². The molecule has 0 radical (unpaired) electrons. The van der Waals surface area contributed by atoms with Crippen LogP contribution in [0.3, 0.4) is 0 Å². The Bertz CT molecular complexity index is 1050. The zero-order valence-electron chi connectivity index (χ0n) is 23.7. The summed E-state index contributed by atoms with van der Waals surface area (Å²) in [6, 6.07) is 9.41. The van der Waals surface area contributed by atoms with Crippen LogP contribution in [0.2, 0.25) is 0 Å². The van der Waals surface area contributed by atoms with Crippen LogP contribution in [0.4, 0.5) is 13.6 Å². The van der Waals surface area contributed by atoms with Crippen molar-refractivity contribution in [1.82, 2.24) is 16.0 Å². The zero-order valence-corrected chi connectivity index (χ0v) is 23.7. The highest BCUT2D eigenvalue weighted by molar-refractivity contribution is 5.86. The van der Waals surface area contributed by atoms with Gasteiger partial charge in [-0.1, -0.05) is 51.0 Å². The van der Waals surface area contributed by atoms with E-state index >= 15 is 0 Å². The van der Waals surface area contributed by atoms with Crippen LogP contribution in [0.5, 0.6) is 0 Å². The molecule has 2 aromatic rings. The number of carbonyl (C=O) groups excluding carboxylic acids is 2. The summed E-state index contributed by atoms with van der Waals surface area (Å²) in [5, 5.41) is 19.7. The Kier molecular flexibility index (Phi) is 12.8. The summed E-state index contributed by atoms with van der Waals surface area (Å²) in [5.41, 5.74) is 1.80. The number of rotatable bonds is 14. The molecule has 0 aliphatic heterocycles. The number of alkyl carbamates (subject to hydrolysis) is 1. The first-order chi connectivity index (χ1) is 18.4. The average molecular weight is 548 g/mol. The summed E-state index contributed by atoms with van der Waals surface area (Å²) in [5.74, 6) is -2.00. The second-order valence-electron chi connectivity index (χ2n) is 10.8. The summed E-state index contributed by atoms with van der Waals surface area (Å²) < 4.78 is 33.1. The number of aryl methyl sites for hydroxylation is 1. The van der Waals surface area contributed by atoms with Crippen LogP contribution in [0.25, 0.3) is 0 Å². The molecule has 39 heavy (non-hydrogen) atoms. The van der Waals surface area contributed by atoms with Crippen LogP contribution in [0.1, 0.15) is 70.6 Å². The van der Waals surface area contributed by atoms with Crippen molar-refractivity contribution in [3.63, 3.8) is 0 Å². The van der Waals surface area contributed by atoms with Gasteiger partial charge in [0.2, 0.25) is 5.91 Å². The minimum atomic E-state index is -1.08. The van der Waals surface area contributed by atoms with Gasteiger partial charge in [0.1, 0.15) is 23.3 Å². The summed E-state index contributed by atoms with van der Waals surface area (Å²) >= 11 is 0. The van der Waals surface area contributed by atoms with Crippen LogP contribution >= 0.6 is 0 Å². The number of nitrogens with one attached hydrogen (secondary N) is 3. The first-order valence-corrected chi connectivity index (χ1v) is 13.6. The second-order valence-corrected chi connectivity index (χ2v) is 10.8. The number of halogens is 2. The number of unbranched alkanes of at least 4 members (excludes halogenated alkanes) is 1. The van der Waals surface area contributed by atoms with Gasteiger partial charge in [-0.05, 0) is 68.9 Å². The number of aliphatic hydroxyl groups excluding tert-OH is 1. The van der Waals surface area contributed by atoms with Gasteiger partial charge in [0.05, 0.1) is 12.1 Å². The second kappa shape index (κ2) is 15.5. The third-order valence-electron chi connectivity index (χ3n) is 6.11. The maximum Gasteiger partial charge on any atom is 0.408 e. The van der Waals surface area contributed by atoms with E-state index in [-0.39, 0.29) is 18.5 Å². The highest BCUT2D eigenvalue weighted by Crippen LogP contribution is 2.14. The monoisotopic (exact) mass is 547 g/mol. The molecule has 0 bridgehead atoms. The number of carbonyl (C=O) groups is 2. The standard InChI is InChI=1S/C30H43F2N3O4/c1-6-8-12-25(35-29(38)39-30(3,4)5)28(37)34-26(16-22-14-23(31)17-24(32)15-22)27(36)19-33-18-21-11-9-10-20(7-2)13-21/h9-11,13-15,17,25-27,33,36H,6-8,12,16,18-19H2,1-5H3,(H,34,37)(H,35,38)/t25-,26?,27?/m0/s1. The molecule has 2 aromatic carbocycles. The van der Waals surface area contributed by atoms with Gasteiger partial charge < -0.3 is 25.8 Å². The van der Waals surface area contributed by atoms with Gasteiger partial charge in [0, 0.05) is 19.2 Å². The molecule has 2 unspecified atom stereocenters. The Morgan fingerprint density at radius 1 is 0.974 bits per heavy atom. The largest absolute Gasteiger partial charge is 0.444 e. The minimum Gasteiger partial charge on any atom is -0.444 e. The van der Waals surface area contributed by atoms with Crippen molar-refractivity contribution in [1.29, 1.82) is 0 Å². The normalized spacial score (nSPS) is 13.8. The lowest BCUT2D eigenvalue weighted by Crippen LogP contribution is -2.55. The van der Waals surface area contributed by atoms with Gasteiger partial charge in [0.25, 0.3) is 0 Å². The van der Waals surface area contributed by atoms with Crippen molar-refractivity contribution < 1.29 is 28.2 Å². The van der Waals surface area contributed by atoms with Gasteiger partial charge in [-0.15, -0.1) is 0 Å². The van der Waals surface area contributed by atoms with E-state index in [0.29, 0.717) is 19.4 Å². The number of benzene rings is 2. The van der Waals surface area contributed by atoms with E-state index in [1.165, 1.54) is 17.7 Å². The lowest BCUT2D eigenvalue weighted by atomic mass is 9.99. The molecule has 0 aliphatic rings. The number of aliphatic hydroxyl groups is 1. The molecule has 0 saturated heterocycles. The molecule has 0 aromatic heterocycles. The Hall–Kier alpha value is -3.04. The van der Waals surface area contributed by atoms with Crippen molar-refractivity contribution in [3.8, 4) is 0 Å². The molecule has 0 spiro atoms. The van der Waals surface area contributed by atoms with Gasteiger partial charge in [-0.2, -0.15) is 0 Å². The van der Waals surface area contributed by atoms with Crippen LogP contribution in [0.15, 0.2) is 42.5 Å². The first kappa shape index (κ1) is 32.2. The van der Waals surface area contributed by atoms with E-state index in [1.54, 1.807) is 20.8 Å². The molecule has 9 heteroatoms. The molecular formula is C30H43F2N3O4. The molecule has 2 rings (SSSR count). The number of hydrogen-bond donors (Lipinski definition) is 4. The smallest absolute Gasteiger partial charge is 0.408 e. The Balaban J connectivity index is 2.16. The Morgan fingerprint density at radius 2 is 1.64 bits per heavy atom. The lowest BCUT2D eigenvalue weighted by molar-refractivity contribution is -0.125. The zero-order chi connectivity index (χ0) is 29.0. The van der Waals surface area contributed by atoms with Crippen molar-refractivity contribution in [3.05, 3.63) is 70.8 Å². The van der Waals surface area contributed by atoms with Crippen molar-refractivity contribution in [2.75, 3.05) is 6.54 Å². The third-order valence-corrected chi connectivity index (χ3v) is 6.11. The Labute approximate surface area is 230 Å². The predicted octanol–water partition coefficient (Wildman–Crippen LogP) is 4.79. The fourth-order valence-corrected chi connectivity index (χ4v) is 4.14. The van der Waals surface area contributed by atoms with Crippen molar-refractivity contribution >= 4 is 12.0 Å². The SMILES string of the molecule is CCCC[C@H](NC(=O)OC(C)(C)C)C(=O)NC(Cc1cc(F)cc(F)c1)C(O)CNCc1cccc(CC)c1. The molecule has 0 heterocycles. The topological polar surface area (TPSA) is 99.7 Å². The summed E-state index contributed by atoms with van der Waals surface area (Å²) in [4.78, 5) is 25.7. The van der Waals surface area contributed by atoms with Gasteiger partial charge >= 0.3 is 6.09 Å². The maximum absolute atomic E-state index is 13.9. The fourth-order valence-electron chi connectivity index (χ4n) is 4.14. The lowest BCUT2D eigenvalue weighted by Gasteiger charge is -2.28. The van der Waals surface area contributed by atoms with E-state index in [4.69, 9.17) is 4.74 Å². The summed E-state index contributed by atoms with van der Waals surface area (Å²) in [6.45, 7) is 9.84. The van der Waals surface area contributed by atoms with Gasteiger partial charge in [-0.3, -0.25) is 4.79 Å². The number of amides is 2. The van der Waals surface area contributed by atoms with Crippen molar-refractivity contribution in [2.24, 2.45) is 0 Å². The van der Waals surface area contributed by atoms with Gasteiger partial charge in [-0.25, -0.2) is 13.6 Å². The van der Waals surface area contributed by atoms with Crippen LogP contribution in [0, 0.1) is 11.6 Å².